The Morgan fingerprint density at radius 1 is 1.19 bits per heavy atom. The molecule has 7 heteroatoms. The van der Waals surface area contributed by atoms with Crippen LogP contribution in [0.15, 0.2) is 24.8 Å². The minimum atomic E-state index is -0.448. The summed E-state index contributed by atoms with van der Waals surface area (Å²) in [6.45, 7) is 1.59. The van der Waals surface area contributed by atoms with Crippen LogP contribution in [-0.2, 0) is 0 Å². The molecular formula is C14H16N6O. The Morgan fingerprint density at radius 2 is 1.90 bits per heavy atom. The molecule has 3 heterocycles. The van der Waals surface area contributed by atoms with Crippen LogP contribution in [0.4, 0.5) is 5.95 Å². The molecule has 7 nitrogen and oxygen atoms in total. The molecule has 108 valence electrons. The van der Waals surface area contributed by atoms with Crippen LogP contribution < -0.4 is 10.6 Å². The highest BCUT2D eigenvalue weighted by molar-refractivity contribution is 5.92. The molecule has 2 N–H and O–H groups in total. The van der Waals surface area contributed by atoms with Gasteiger partial charge in [-0.3, -0.25) is 9.48 Å². The van der Waals surface area contributed by atoms with Gasteiger partial charge in [0.1, 0.15) is 0 Å². The van der Waals surface area contributed by atoms with Crippen molar-refractivity contribution < 1.29 is 4.79 Å². The summed E-state index contributed by atoms with van der Waals surface area (Å²) in [6, 6.07) is 0.241. The highest BCUT2D eigenvalue weighted by Gasteiger charge is 2.31. The second-order valence-corrected chi connectivity index (χ2v) is 5.72. The Labute approximate surface area is 121 Å². The van der Waals surface area contributed by atoms with Gasteiger partial charge in [0.25, 0.3) is 5.91 Å². The standard InChI is InChI=1S/C14H16N6O/c15-13(21)11-5-18-20(6-11)12-7-19(8-12)14-16-3-10(4-17-14)9-1-2-9/h3-6,9,12H,1-2,7-8H2,(H2,15,21). The van der Waals surface area contributed by atoms with Gasteiger partial charge in [-0.2, -0.15) is 5.10 Å². The molecule has 1 aliphatic carbocycles. The van der Waals surface area contributed by atoms with E-state index in [0.29, 0.717) is 11.5 Å². The van der Waals surface area contributed by atoms with Crippen LogP contribution in [0, 0.1) is 0 Å². The molecule has 2 aromatic rings. The van der Waals surface area contributed by atoms with Crippen molar-refractivity contribution in [3.8, 4) is 0 Å². The topological polar surface area (TPSA) is 89.9 Å². The summed E-state index contributed by atoms with van der Waals surface area (Å²) in [5.74, 6) is 0.994. The Bertz CT molecular complexity index is 669. The Morgan fingerprint density at radius 3 is 2.48 bits per heavy atom. The fraction of sp³-hybridized carbons (Fsp3) is 0.429. The van der Waals surface area contributed by atoms with Gasteiger partial charge < -0.3 is 10.6 Å². The summed E-state index contributed by atoms with van der Waals surface area (Å²) in [4.78, 5) is 22.0. The van der Waals surface area contributed by atoms with Crippen molar-refractivity contribution in [1.82, 2.24) is 19.7 Å². The molecule has 0 spiro atoms. The summed E-state index contributed by atoms with van der Waals surface area (Å²) in [5.41, 5.74) is 6.91. The van der Waals surface area contributed by atoms with Gasteiger partial charge >= 0.3 is 0 Å². The highest BCUT2D eigenvalue weighted by Crippen LogP contribution is 2.39. The average molecular weight is 284 g/mol. The number of primary amides is 1. The van der Waals surface area contributed by atoms with Gasteiger partial charge in [-0.05, 0) is 24.3 Å². The molecule has 2 aromatic heterocycles. The maximum atomic E-state index is 11.1. The van der Waals surface area contributed by atoms with E-state index in [1.54, 1.807) is 10.9 Å². The van der Waals surface area contributed by atoms with Crippen molar-refractivity contribution in [3.05, 3.63) is 35.9 Å². The molecule has 0 bridgehead atoms. The normalized spacial score (nSPS) is 18.6. The van der Waals surface area contributed by atoms with Crippen molar-refractivity contribution in [2.75, 3.05) is 18.0 Å². The van der Waals surface area contributed by atoms with Gasteiger partial charge in [0.2, 0.25) is 5.95 Å². The van der Waals surface area contributed by atoms with Crippen LogP contribution in [0.3, 0.4) is 0 Å². The maximum absolute atomic E-state index is 11.1. The van der Waals surface area contributed by atoms with E-state index >= 15 is 0 Å². The van der Waals surface area contributed by atoms with E-state index in [2.05, 4.69) is 20.0 Å². The number of aromatic nitrogens is 4. The van der Waals surface area contributed by atoms with E-state index in [4.69, 9.17) is 5.73 Å². The number of amides is 1. The van der Waals surface area contributed by atoms with Crippen molar-refractivity contribution in [2.45, 2.75) is 24.8 Å². The predicted molar refractivity (Wildman–Crippen MR) is 76.0 cm³/mol. The van der Waals surface area contributed by atoms with Crippen molar-refractivity contribution in [1.29, 1.82) is 0 Å². The summed E-state index contributed by atoms with van der Waals surface area (Å²) >= 11 is 0. The molecule has 1 amide bonds. The van der Waals surface area contributed by atoms with Gasteiger partial charge in [0.15, 0.2) is 0 Å². The molecule has 0 unspecified atom stereocenters. The molecule has 1 aliphatic heterocycles. The van der Waals surface area contributed by atoms with Crippen molar-refractivity contribution in [3.63, 3.8) is 0 Å². The van der Waals surface area contributed by atoms with E-state index in [-0.39, 0.29) is 6.04 Å². The number of hydrogen-bond donors (Lipinski definition) is 1. The lowest BCUT2D eigenvalue weighted by Gasteiger charge is -2.39. The van der Waals surface area contributed by atoms with Crippen LogP contribution >= 0.6 is 0 Å². The molecule has 21 heavy (non-hydrogen) atoms. The first-order valence-electron chi connectivity index (χ1n) is 7.11. The number of carbonyl (C=O) groups is 1. The lowest BCUT2D eigenvalue weighted by atomic mass is 10.1. The van der Waals surface area contributed by atoms with E-state index in [9.17, 15) is 4.79 Å². The zero-order valence-electron chi connectivity index (χ0n) is 11.5. The first-order valence-corrected chi connectivity index (χ1v) is 7.11. The largest absolute Gasteiger partial charge is 0.366 e. The number of rotatable bonds is 4. The number of nitrogens with zero attached hydrogens (tertiary/aromatic N) is 5. The molecule has 2 fully saturated rings. The predicted octanol–water partition coefficient (Wildman–Crippen LogP) is 0.711. The minimum Gasteiger partial charge on any atom is -0.366 e. The molecule has 2 aliphatic rings. The van der Waals surface area contributed by atoms with Crippen LogP contribution in [0.25, 0.3) is 0 Å². The van der Waals surface area contributed by atoms with Gasteiger partial charge in [-0.1, -0.05) is 0 Å². The first-order chi connectivity index (χ1) is 10.2. The number of hydrogen-bond acceptors (Lipinski definition) is 5. The average Bonchev–Trinajstić information content (AvgIpc) is 3.16. The van der Waals surface area contributed by atoms with E-state index in [1.807, 2.05) is 12.4 Å². The second-order valence-electron chi connectivity index (χ2n) is 5.72. The Kier molecular flexibility index (Phi) is 2.66. The highest BCUT2D eigenvalue weighted by atomic mass is 16.1. The zero-order valence-corrected chi connectivity index (χ0v) is 11.5. The van der Waals surface area contributed by atoms with Crippen LogP contribution in [0.1, 0.15) is 40.7 Å². The zero-order chi connectivity index (χ0) is 14.4. The SMILES string of the molecule is NC(=O)c1cnn(C2CN(c3ncc(C4CC4)cn3)C2)c1. The third-order valence-electron chi connectivity index (χ3n) is 4.11. The van der Waals surface area contributed by atoms with E-state index in [0.717, 1.165) is 19.0 Å². The fourth-order valence-electron chi connectivity index (χ4n) is 2.57. The summed E-state index contributed by atoms with van der Waals surface area (Å²) in [7, 11) is 0. The van der Waals surface area contributed by atoms with Gasteiger partial charge in [0.05, 0.1) is 17.8 Å². The maximum Gasteiger partial charge on any atom is 0.251 e. The monoisotopic (exact) mass is 284 g/mol. The smallest absolute Gasteiger partial charge is 0.251 e. The Balaban J connectivity index is 1.40. The van der Waals surface area contributed by atoms with E-state index < -0.39 is 5.91 Å². The third-order valence-corrected chi connectivity index (χ3v) is 4.11. The molecule has 0 atom stereocenters. The summed E-state index contributed by atoms with van der Waals surface area (Å²) in [6.07, 6.45) is 9.60. The molecule has 1 saturated carbocycles. The van der Waals surface area contributed by atoms with Crippen molar-refractivity contribution >= 4 is 11.9 Å². The van der Waals surface area contributed by atoms with Gasteiger partial charge in [-0.25, -0.2) is 9.97 Å². The number of nitrogens with two attached hydrogens (primary N) is 1. The molecule has 1 saturated heterocycles. The van der Waals surface area contributed by atoms with Crippen LogP contribution in [0.5, 0.6) is 0 Å². The lowest BCUT2D eigenvalue weighted by Crippen LogP contribution is -2.48. The minimum absolute atomic E-state index is 0.241. The molecule has 0 aromatic carbocycles. The van der Waals surface area contributed by atoms with Gasteiger partial charge in [0, 0.05) is 31.7 Å². The lowest BCUT2D eigenvalue weighted by molar-refractivity contribution is 0.1000. The second kappa shape index (κ2) is 4.54. The van der Waals surface area contributed by atoms with Gasteiger partial charge in [-0.15, -0.1) is 0 Å². The van der Waals surface area contributed by atoms with Crippen LogP contribution in [-0.4, -0.2) is 38.7 Å². The molecule has 4 rings (SSSR count). The molecule has 0 radical (unpaired) electrons. The van der Waals surface area contributed by atoms with Crippen LogP contribution in [0.2, 0.25) is 0 Å². The number of carbonyl (C=O) groups excluding carboxylic acids is 1. The molecular weight excluding hydrogens is 268 g/mol. The quantitative estimate of drug-likeness (QED) is 0.893. The fourth-order valence-corrected chi connectivity index (χ4v) is 2.57. The number of anilines is 1. The Hall–Kier alpha value is -2.44. The summed E-state index contributed by atoms with van der Waals surface area (Å²) in [5, 5.41) is 4.18. The third kappa shape index (κ3) is 2.24. The van der Waals surface area contributed by atoms with E-state index in [1.165, 1.54) is 24.6 Å². The summed E-state index contributed by atoms with van der Waals surface area (Å²) < 4.78 is 1.79. The van der Waals surface area contributed by atoms with Crippen molar-refractivity contribution in [2.24, 2.45) is 5.73 Å². The first kappa shape index (κ1) is 12.3.